The summed E-state index contributed by atoms with van der Waals surface area (Å²) in [5, 5.41) is 3.32. The van der Waals surface area contributed by atoms with E-state index in [4.69, 9.17) is 0 Å². The lowest BCUT2D eigenvalue weighted by atomic mass is 9.81. The summed E-state index contributed by atoms with van der Waals surface area (Å²) in [6.07, 6.45) is 9.33. The van der Waals surface area contributed by atoms with Crippen molar-refractivity contribution in [3.05, 3.63) is 11.8 Å². The van der Waals surface area contributed by atoms with Gasteiger partial charge in [-0.25, -0.2) is 0 Å². The van der Waals surface area contributed by atoms with E-state index in [9.17, 15) is 0 Å². The molecule has 0 radical (unpaired) electrons. The Bertz CT molecular complexity index is 149. The molecule has 1 fully saturated rings. The van der Waals surface area contributed by atoms with Gasteiger partial charge in [-0.2, -0.15) is 0 Å². The van der Waals surface area contributed by atoms with Crippen LogP contribution in [0, 0.1) is 5.92 Å². The van der Waals surface area contributed by atoms with E-state index >= 15 is 0 Å². The van der Waals surface area contributed by atoms with Gasteiger partial charge in [-0.3, -0.25) is 0 Å². The van der Waals surface area contributed by atoms with Gasteiger partial charge >= 0.3 is 0 Å². The Hall–Kier alpha value is -0.460. The molecule has 1 saturated carbocycles. The molecule has 1 unspecified atom stereocenters. The molecule has 1 aliphatic carbocycles. The Kier molecular flexibility index (Phi) is 1.66. The first-order valence-corrected chi connectivity index (χ1v) is 4.39. The summed E-state index contributed by atoms with van der Waals surface area (Å²) in [6, 6.07) is 0. The Labute approximate surface area is 62.5 Å². The number of fused-ring (bicyclic) bond motifs is 1. The predicted molar refractivity (Wildman–Crippen MR) is 42.7 cm³/mol. The van der Waals surface area contributed by atoms with Crippen molar-refractivity contribution in [3.8, 4) is 0 Å². The lowest BCUT2D eigenvalue weighted by Gasteiger charge is -2.28. The van der Waals surface area contributed by atoms with E-state index in [1.54, 1.807) is 5.57 Å². The summed E-state index contributed by atoms with van der Waals surface area (Å²) < 4.78 is 0. The monoisotopic (exact) mass is 137 g/mol. The van der Waals surface area contributed by atoms with E-state index in [2.05, 4.69) is 11.5 Å². The third-order valence-electron chi connectivity index (χ3n) is 2.72. The minimum absolute atomic E-state index is 0.954. The minimum Gasteiger partial charge on any atom is -0.391 e. The van der Waals surface area contributed by atoms with Crippen LogP contribution < -0.4 is 5.32 Å². The molecule has 1 heteroatoms. The standard InChI is InChI=1S/C9H15N/c1-2-4-9-7-10-6-5-8(9)3-1/h7-8,10H,1-6H2. The maximum atomic E-state index is 3.32. The van der Waals surface area contributed by atoms with Gasteiger partial charge in [-0.05, 0) is 37.8 Å². The molecular formula is C9H15N. The second-order valence-electron chi connectivity index (χ2n) is 3.40. The Morgan fingerprint density at radius 1 is 1.30 bits per heavy atom. The first kappa shape index (κ1) is 6.26. The highest BCUT2D eigenvalue weighted by Gasteiger charge is 2.20. The average Bonchev–Trinajstić information content (AvgIpc) is 2.05. The van der Waals surface area contributed by atoms with Crippen molar-refractivity contribution in [2.24, 2.45) is 5.92 Å². The largest absolute Gasteiger partial charge is 0.391 e. The van der Waals surface area contributed by atoms with Crippen LogP contribution in [0.2, 0.25) is 0 Å². The SMILES string of the molecule is C1=C2CCCCC2CCN1. The first-order valence-electron chi connectivity index (χ1n) is 4.39. The molecule has 0 aromatic heterocycles. The van der Waals surface area contributed by atoms with Gasteiger partial charge in [0.05, 0.1) is 0 Å². The van der Waals surface area contributed by atoms with Crippen LogP contribution in [0.5, 0.6) is 0 Å². The molecule has 1 heterocycles. The van der Waals surface area contributed by atoms with Crippen LogP contribution in [0.1, 0.15) is 32.1 Å². The molecule has 1 atom stereocenters. The van der Waals surface area contributed by atoms with Crippen molar-refractivity contribution in [3.63, 3.8) is 0 Å². The van der Waals surface area contributed by atoms with Crippen LogP contribution in [-0.2, 0) is 0 Å². The quantitative estimate of drug-likeness (QED) is 0.539. The van der Waals surface area contributed by atoms with Gasteiger partial charge in [-0.15, -0.1) is 0 Å². The lowest BCUT2D eigenvalue weighted by Crippen LogP contribution is -2.23. The molecule has 0 saturated heterocycles. The molecule has 1 N–H and O–H groups in total. The van der Waals surface area contributed by atoms with Gasteiger partial charge in [0.2, 0.25) is 0 Å². The van der Waals surface area contributed by atoms with Gasteiger partial charge in [0, 0.05) is 6.54 Å². The molecule has 0 bridgehead atoms. The number of nitrogens with one attached hydrogen (secondary N) is 1. The normalized spacial score (nSPS) is 32.0. The van der Waals surface area contributed by atoms with Crippen LogP contribution in [0.25, 0.3) is 0 Å². The van der Waals surface area contributed by atoms with Crippen LogP contribution in [-0.4, -0.2) is 6.54 Å². The second kappa shape index (κ2) is 2.65. The van der Waals surface area contributed by atoms with Gasteiger partial charge in [-0.1, -0.05) is 12.0 Å². The van der Waals surface area contributed by atoms with Crippen molar-refractivity contribution >= 4 is 0 Å². The third-order valence-corrected chi connectivity index (χ3v) is 2.72. The zero-order valence-electron chi connectivity index (χ0n) is 6.40. The van der Waals surface area contributed by atoms with E-state index in [0.29, 0.717) is 0 Å². The fourth-order valence-corrected chi connectivity index (χ4v) is 2.09. The zero-order chi connectivity index (χ0) is 6.81. The molecule has 0 amide bonds. The Balaban J connectivity index is 2.08. The number of hydrogen-bond acceptors (Lipinski definition) is 1. The summed E-state index contributed by atoms with van der Waals surface area (Å²) in [6.45, 7) is 1.20. The van der Waals surface area contributed by atoms with Crippen LogP contribution >= 0.6 is 0 Å². The Morgan fingerprint density at radius 3 is 3.20 bits per heavy atom. The predicted octanol–water partition coefficient (Wildman–Crippen LogP) is 2.05. The number of rotatable bonds is 0. The highest BCUT2D eigenvalue weighted by molar-refractivity contribution is 5.10. The van der Waals surface area contributed by atoms with Crippen LogP contribution in [0.4, 0.5) is 0 Å². The fourth-order valence-electron chi connectivity index (χ4n) is 2.09. The smallest absolute Gasteiger partial charge is 0.0147 e. The molecule has 0 spiro atoms. The van der Waals surface area contributed by atoms with Gasteiger partial charge in [0.25, 0.3) is 0 Å². The third kappa shape index (κ3) is 1.05. The van der Waals surface area contributed by atoms with Crippen molar-refractivity contribution in [1.82, 2.24) is 5.32 Å². The molecule has 0 aromatic carbocycles. The molecule has 2 aliphatic rings. The highest BCUT2D eigenvalue weighted by atomic mass is 14.8. The van der Waals surface area contributed by atoms with E-state index < -0.39 is 0 Å². The van der Waals surface area contributed by atoms with Gasteiger partial charge in [0.15, 0.2) is 0 Å². The second-order valence-corrected chi connectivity index (χ2v) is 3.40. The van der Waals surface area contributed by atoms with Crippen LogP contribution in [0.15, 0.2) is 11.8 Å². The van der Waals surface area contributed by atoms with E-state index in [-0.39, 0.29) is 0 Å². The van der Waals surface area contributed by atoms with Crippen molar-refractivity contribution in [2.75, 3.05) is 6.54 Å². The number of allylic oxidation sites excluding steroid dienone is 1. The summed E-state index contributed by atoms with van der Waals surface area (Å²) in [4.78, 5) is 0. The van der Waals surface area contributed by atoms with Gasteiger partial charge in [0.1, 0.15) is 0 Å². The average molecular weight is 137 g/mol. The summed E-state index contributed by atoms with van der Waals surface area (Å²) in [5.74, 6) is 0.954. The van der Waals surface area contributed by atoms with Crippen molar-refractivity contribution in [1.29, 1.82) is 0 Å². The lowest BCUT2D eigenvalue weighted by molar-refractivity contribution is 0.405. The minimum atomic E-state index is 0.954. The molecule has 0 aromatic rings. The van der Waals surface area contributed by atoms with Crippen molar-refractivity contribution < 1.29 is 0 Å². The molecule has 10 heavy (non-hydrogen) atoms. The van der Waals surface area contributed by atoms with Gasteiger partial charge < -0.3 is 5.32 Å². The van der Waals surface area contributed by atoms with E-state index in [1.807, 2.05) is 0 Å². The summed E-state index contributed by atoms with van der Waals surface area (Å²) in [5.41, 5.74) is 1.69. The summed E-state index contributed by atoms with van der Waals surface area (Å²) in [7, 11) is 0. The molecule has 1 nitrogen and oxygen atoms in total. The van der Waals surface area contributed by atoms with E-state index in [0.717, 1.165) is 5.92 Å². The first-order chi connectivity index (χ1) is 4.97. The molecule has 2 rings (SSSR count). The zero-order valence-corrected chi connectivity index (χ0v) is 6.40. The van der Waals surface area contributed by atoms with Crippen molar-refractivity contribution in [2.45, 2.75) is 32.1 Å². The summed E-state index contributed by atoms with van der Waals surface area (Å²) >= 11 is 0. The number of hydrogen-bond donors (Lipinski definition) is 1. The molecule has 1 aliphatic heterocycles. The maximum Gasteiger partial charge on any atom is 0.0147 e. The Morgan fingerprint density at radius 2 is 2.30 bits per heavy atom. The molecule has 56 valence electrons. The fraction of sp³-hybridized carbons (Fsp3) is 0.778. The highest BCUT2D eigenvalue weighted by Crippen LogP contribution is 2.32. The van der Waals surface area contributed by atoms with E-state index in [1.165, 1.54) is 38.6 Å². The van der Waals surface area contributed by atoms with Crippen LogP contribution in [0.3, 0.4) is 0 Å². The molecular weight excluding hydrogens is 122 g/mol. The topological polar surface area (TPSA) is 12.0 Å². The maximum absolute atomic E-state index is 3.32.